The molecule has 116 valence electrons. The lowest BCUT2D eigenvalue weighted by Crippen LogP contribution is -1.87. The van der Waals surface area contributed by atoms with Gasteiger partial charge in [-0.1, -0.05) is 30.3 Å². The molecule has 1 aromatic heterocycles. The van der Waals surface area contributed by atoms with Crippen molar-refractivity contribution in [1.29, 1.82) is 0 Å². The third-order valence-electron chi connectivity index (χ3n) is 3.10. The van der Waals surface area contributed by atoms with Crippen LogP contribution in [0.2, 0.25) is 0 Å². The minimum atomic E-state index is -0.747. The van der Waals surface area contributed by atoms with E-state index in [1.807, 2.05) is 30.3 Å². The summed E-state index contributed by atoms with van der Waals surface area (Å²) in [6.45, 7) is 0. The maximum atomic E-state index is 11.4. The molecule has 23 heavy (non-hydrogen) atoms. The summed E-state index contributed by atoms with van der Waals surface area (Å²) in [5.74, 6) is 0.478. The van der Waals surface area contributed by atoms with Gasteiger partial charge >= 0.3 is 5.82 Å². The lowest BCUT2D eigenvalue weighted by Gasteiger charge is -2.01. The van der Waals surface area contributed by atoms with Gasteiger partial charge in [0.1, 0.15) is 0 Å². The monoisotopic (exact) mass is 329 g/mol. The Morgan fingerprint density at radius 2 is 1.70 bits per heavy atom. The second kappa shape index (κ2) is 6.53. The Hall–Kier alpha value is -2.80. The van der Waals surface area contributed by atoms with Gasteiger partial charge in [-0.05, 0) is 12.1 Å². The molecule has 3 rings (SSSR count). The molecular weight excluding hydrogens is 318 g/mol. The quantitative estimate of drug-likeness (QED) is 0.398. The van der Waals surface area contributed by atoms with Crippen molar-refractivity contribution in [1.82, 2.24) is 0 Å². The number of hydrogen-bond acceptors (Lipinski definition) is 6. The smallest absolute Gasteiger partial charge is 0.394 e. The van der Waals surface area contributed by atoms with Crippen LogP contribution in [0.15, 0.2) is 73.1 Å². The number of benzene rings is 2. The number of non-ortho nitro benzene ring substituents is 1. The molecule has 3 aromatic rings. The standard InChI is InChI=1S/C16H11NO5S/c18-16-21-14(15(22-16)11-4-2-1-3-5-11)10-23-13-8-6-12(7-9-13)17(19)20/h1-9H,10H2. The fraction of sp³-hybridized carbons (Fsp3) is 0.0625. The van der Waals surface area contributed by atoms with Gasteiger partial charge in [0.15, 0.2) is 11.5 Å². The van der Waals surface area contributed by atoms with E-state index in [0.717, 1.165) is 10.5 Å². The summed E-state index contributed by atoms with van der Waals surface area (Å²) in [7, 11) is 0. The molecule has 0 unspecified atom stereocenters. The third-order valence-corrected chi connectivity index (χ3v) is 4.11. The van der Waals surface area contributed by atoms with Gasteiger partial charge < -0.3 is 8.83 Å². The molecule has 0 aliphatic rings. The Labute approximate surface area is 134 Å². The highest BCUT2D eigenvalue weighted by molar-refractivity contribution is 7.98. The molecule has 0 aliphatic carbocycles. The number of nitrogens with zero attached hydrogens (tertiary/aromatic N) is 1. The summed E-state index contributed by atoms with van der Waals surface area (Å²) < 4.78 is 10.2. The van der Waals surface area contributed by atoms with Crippen LogP contribution in [0, 0.1) is 10.1 Å². The van der Waals surface area contributed by atoms with Crippen LogP contribution in [0.4, 0.5) is 5.69 Å². The van der Waals surface area contributed by atoms with E-state index < -0.39 is 10.7 Å². The molecule has 0 spiro atoms. The van der Waals surface area contributed by atoms with Crippen LogP contribution < -0.4 is 5.82 Å². The molecule has 6 nitrogen and oxygen atoms in total. The van der Waals surface area contributed by atoms with E-state index in [2.05, 4.69) is 0 Å². The average molecular weight is 329 g/mol. The fourth-order valence-electron chi connectivity index (χ4n) is 2.03. The second-order valence-electron chi connectivity index (χ2n) is 4.61. The molecule has 2 aromatic carbocycles. The van der Waals surface area contributed by atoms with E-state index in [1.165, 1.54) is 23.9 Å². The zero-order chi connectivity index (χ0) is 16.2. The van der Waals surface area contributed by atoms with Gasteiger partial charge in [-0.15, -0.1) is 11.8 Å². The summed E-state index contributed by atoms with van der Waals surface area (Å²) in [5, 5.41) is 10.6. The van der Waals surface area contributed by atoms with Crippen LogP contribution in [0.1, 0.15) is 5.76 Å². The van der Waals surface area contributed by atoms with Crippen molar-refractivity contribution < 1.29 is 13.8 Å². The van der Waals surface area contributed by atoms with E-state index in [9.17, 15) is 14.9 Å². The Bertz CT molecular complexity index is 867. The summed E-state index contributed by atoms with van der Waals surface area (Å²) in [6.07, 6.45) is 0. The first-order valence-corrected chi connectivity index (χ1v) is 7.67. The molecule has 0 N–H and O–H groups in total. The number of rotatable bonds is 5. The fourth-order valence-corrected chi connectivity index (χ4v) is 2.84. The molecule has 0 fully saturated rings. The van der Waals surface area contributed by atoms with Gasteiger partial charge in [0, 0.05) is 22.6 Å². The number of hydrogen-bond donors (Lipinski definition) is 0. The highest BCUT2D eigenvalue weighted by Gasteiger charge is 2.15. The molecular formula is C16H11NO5S. The van der Waals surface area contributed by atoms with Crippen molar-refractivity contribution in [2.75, 3.05) is 0 Å². The van der Waals surface area contributed by atoms with Crippen LogP contribution in [-0.2, 0) is 5.75 Å². The second-order valence-corrected chi connectivity index (χ2v) is 5.66. The number of thioether (sulfide) groups is 1. The topological polar surface area (TPSA) is 86.5 Å². The predicted molar refractivity (Wildman–Crippen MR) is 85.3 cm³/mol. The maximum absolute atomic E-state index is 11.4. The number of nitro benzene ring substituents is 1. The van der Waals surface area contributed by atoms with Crippen molar-refractivity contribution in [3.8, 4) is 11.3 Å². The lowest BCUT2D eigenvalue weighted by atomic mass is 10.1. The van der Waals surface area contributed by atoms with Crippen LogP contribution in [0.3, 0.4) is 0 Å². The largest absolute Gasteiger partial charge is 0.519 e. The highest BCUT2D eigenvalue weighted by atomic mass is 32.2. The van der Waals surface area contributed by atoms with Gasteiger partial charge in [-0.25, -0.2) is 4.79 Å². The predicted octanol–water partition coefficient (Wildman–Crippen LogP) is 4.10. The average Bonchev–Trinajstić information content (AvgIpc) is 2.95. The van der Waals surface area contributed by atoms with Gasteiger partial charge in [0.25, 0.3) is 5.69 Å². The molecule has 0 atom stereocenters. The first kappa shape index (κ1) is 15.1. The zero-order valence-corrected chi connectivity index (χ0v) is 12.6. The van der Waals surface area contributed by atoms with E-state index in [1.54, 1.807) is 12.1 Å². The van der Waals surface area contributed by atoms with E-state index in [4.69, 9.17) is 8.83 Å². The SMILES string of the molecule is O=c1oc(CSc2ccc([N+](=O)[O-])cc2)c(-c2ccccc2)o1. The third kappa shape index (κ3) is 3.51. The van der Waals surface area contributed by atoms with Crippen LogP contribution in [0.25, 0.3) is 11.3 Å². The summed E-state index contributed by atoms with van der Waals surface area (Å²) in [4.78, 5) is 22.4. The lowest BCUT2D eigenvalue weighted by molar-refractivity contribution is -0.384. The maximum Gasteiger partial charge on any atom is 0.519 e. The summed E-state index contributed by atoms with van der Waals surface area (Å²) in [6, 6.07) is 15.4. The molecule has 0 aliphatic heterocycles. The molecule has 0 radical (unpaired) electrons. The minimum Gasteiger partial charge on any atom is -0.394 e. The Morgan fingerprint density at radius 3 is 2.35 bits per heavy atom. The van der Waals surface area contributed by atoms with Gasteiger partial charge in [-0.2, -0.15) is 0 Å². The molecule has 0 saturated heterocycles. The van der Waals surface area contributed by atoms with E-state index in [-0.39, 0.29) is 5.69 Å². The zero-order valence-electron chi connectivity index (χ0n) is 11.8. The summed E-state index contributed by atoms with van der Waals surface area (Å²) in [5.41, 5.74) is 0.798. The number of nitro groups is 1. The van der Waals surface area contributed by atoms with E-state index >= 15 is 0 Å². The molecule has 0 amide bonds. The van der Waals surface area contributed by atoms with Gasteiger partial charge in [-0.3, -0.25) is 10.1 Å². The first-order valence-electron chi connectivity index (χ1n) is 6.69. The molecule has 0 bridgehead atoms. The Morgan fingerprint density at radius 1 is 1.00 bits per heavy atom. The van der Waals surface area contributed by atoms with Crippen LogP contribution in [0.5, 0.6) is 0 Å². The van der Waals surface area contributed by atoms with Crippen molar-refractivity contribution in [3.63, 3.8) is 0 Å². The molecule has 7 heteroatoms. The Balaban J connectivity index is 1.78. The highest BCUT2D eigenvalue weighted by Crippen LogP contribution is 2.30. The normalized spacial score (nSPS) is 10.6. The minimum absolute atomic E-state index is 0.0363. The van der Waals surface area contributed by atoms with Crippen LogP contribution in [-0.4, -0.2) is 4.92 Å². The van der Waals surface area contributed by atoms with Crippen molar-refractivity contribution in [2.24, 2.45) is 0 Å². The van der Waals surface area contributed by atoms with Crippen molar-refractivity contribution in [2.45, 2.75) is 10.6 Å². The van der Waals surface area contributed by atoms with Gasteiger partial charge in [0.05, 0.1) is 10.7 Å². The van der Waals surface area contributed by atoms with Crippen molar-refractivity contribution in [3.05, 3.63) is 81.1 Å². The molecule has 0 saturated carbocycles. The van der Waals surface area contributed by atoms with Gasteiger partial charge in [0.2, 0.25) is 0 Å². The van der Waals surface area contributed by atoms with Crippen molar-refractivity contribution >= 4 is 17.4 Å². The first-order chi connectivity index (χ1) is 11.1. The van der Waals surface area contributed by atoms with Crippen LogP contribution >= 0.6 is 11.8 Å². The molecule has 1 heterocycles. The summed E-state index contributed by atoms with van der Waals surface area (Å²) >= 11 is 1.40. The van der Waals surface area contributed by atoms with E-state index in [0.29, 0.717) is 17.3 Å². The Kier molecular flexibility index (Phi) is 4.29.